The van der Waals surface area contributed by atoms with Crippen LogP contribution in [0.1, 0.15) is 18.1 Å². The van der Waals surface area contributed by atoms with Crippen molar-refractivity contribution in [1.29, 1.82) is 0 Å². The van der Waals surface area contributed by atoms with Crippen molar-refractivity contribution in [2.45, 2.75) is 19.6 Å². The second-order valence-corrected chi connectivity index (χ2v) is 7.33. The first kappa shape index (κ1) is 23.0. The van der Waals surface area contributed by atoms with Gasteiger partial charge in [0.05, 0.1) is 0 Å². The summed E-state index contributed by atoms with van der Waals surface area (Å²) < 4.78 is 23.7. The minimum absolute atomic E-state index is 0.409. The highest BCUT2D eigenvalue weighted by molar-refractivity contribution is 6.30. The quantitative estimate of drug-likeness (QED) is 0.354. The molecule has 1 N–H and O–H groups in total. The third kappa shape index (κ3) is 7.25. The first-order valence-electron chi connectivity index (χ1n) is 9.81. The molecular formula is C25H21ClFNO4. The summed E-state index contributed by atoms with van der Waals surface area (Å²) in [5.41, 5.74) is 2.18. The van der Waals surface area contributed by atoms with Gasteiger partial charge in [-0.1, -0.05) is 35.9 Å². The first-order chi connectivity index (χ1) is 15.4. The largest absolute Gasteiger partial charge is 0.489 e. The Morgan fingerprint density at radius 1 is 1.00 bits per heavy atom. The smallest absolute Gasteiger partial charge is 0.331 e. The van der Waals surface area contributed by atoms with E-state index < -0.39 is 23.8 Å². The van der Waals surface area contributed by atoms with E-state index in [4.69, 9.17) is 21.1 Å². The third-order valence-corrected chi connectivity index (χ3v) is 4.64. The van der Waals surface area contributed by atoms with Crippen molar-refractivity contribution in [3.63, 3.8) is 0 Å². The highest BCUT2D eigenvalue weighted by Gasteiger charge is 2.16. The van der Waals surface area contributed by atoms with Crippen LogP contribution < -0.4 is 10.1 Å². The molecule has 0 bridgehead atoms. The molecule has 164 valence electrons. The second-order valence-electron chi connectivity index (χ2n) is 6.89. The standard InChI is InChI=1S/C25H21ClFNO4/c1-17(25(30)28-22-11-9-21(27)10-12-22)32-24(29)15-6-18-4-13-23(14-5-18)31-16-19-2-7-20(26)8-3-19/h2-15,17H,16H2,1H3,(H,28,30). The zero-order chi connectivity index (χ0) is 22.9. The Balaban J connectivity index is 1.46. The third-order valence-electron chi connectivity index (χ3n) is 4.38. The number of carbonyl (C=O) groups is 2. The molecule has 5 nitrogen and oxygen atoms in total. The van der Waals surface area contributed by atoms with Gasteiger partial charge in [0, 0.05) is 16.8 Å². The number of ether oxygens (including phenoxy) is 2. The van der Waals surface area contributed by atoms with Gasteiger partial charge in [0.2, 0.25) is 0 Å². The number of esters is 1. The molecule has 1 unspecified atom stereocenters. The van der Waals surface area contributed by atoms with Gasteiger partial charge in [-0.15, -0.1) is 0 Å². The number of carbonyl (C=O) groups excluding carboxylic acids is 2. The predicted octanol–water partition coefficient (Wildman–Crippen LogP) is 5.64. The van der Waals surface area contributed by atoms with Gasteiger partial charge in [-0.05, 0) is 72.7 Å². The Labute approximate surface area is 190 Å². The molecular weight excluding hydrogens is 433 g/mol. The van der Waals surface area contributed by atoms with Gasteiger partial charge >= 0.3 is 5.97 Å². The van der Waals surface area contributed by atoms with E-state index in [-0.39, 0.29) is 0 Å². The highest BCUT2D eigenvalue weighted by Crippen LogP contribution is 2.16. The van der Waals surface area contributed by atoms with E-state index in [0.717, 1.165) is 11.1 Å². The molecule has 3 aromatic carbocycles. The molecule has 0 fully saturated rings. The predicted molar refractivity (Wildman–Crippen MR) is 122 cm³/mol. The van der Waals surface area contributed by atoms with Crippen molar-refractivity contribution >= 4 is 35.2 Å². The van der Waals surface area contributed by atoms with Gasteiger partial charge in [-0.25, -0.2) is 9.18 Å². The lowest BCUT2D eigenvalue weighted by Crippen LogP contribution is -2.29. The van der Waals surface area contributed by atoms with E-state index in [1.54, 1.807) is 42.5 Å². The van der Waals surface area contributed by atoms with Gasteiger partial charge in [0.25, 0.3) is 5.91 Å². The van der Waals surface area contributed by atoms with Crippen LogP contribution in [-0.2, 0) is 20.9 Å². The Morgan fingerprint density at radius 2 is 1.66 bits per heavy atom. The maximum Gasteiger partial charge on any atom is 0.331 e. The number of benzene rings is 3. The Hall–Kier alpha value is -3.64. The molecule has 3 aromatic rings. The molecule has 0 heterocycles. The van der Waals surface area contributed by atoms with Crippen molar-refractivity contribution in [2.24, 2.45) is 0 Å². The summed E-state index contributed by atoms with van der Waals surface area (Å²) in [6.07, 6.45) is 1.81. The molecule has 0 aliphatic heterocycles. The summed E-state index contributed by atoms with van der Waals surface area (Å²) in [6, 6.07) is 19.9. The molecule has 1 amide bonds. The lowest BCUT2D eigenvalue weighted by Gasteiger charge is -2.12. The first-order valence-corrected chi connectivity index (χ1v) is 10.2. The Morgan fingerprint density at radius 3 is 2.31 bits per heavy atom. The monoisotopic (exact) mass is 453 g/mol. The number of amides is 1. The van der Waals surface area contributed by atoms with Crippen molar-refractivity contribution in [2.75, 3.05) is 5.32 Å². The molecule has 0 aliphatic rings. The molecule has 3 rings (SSSR count). The molecule has 0 saturated carbocycles. The van der Waals surface area contributed by atoms with Crippen LogP contribution in [0.25, 0.3) is 6.08 Å². The van der Waals surface area contributed by atoms with Gasteiger partial charge in [-0.3, -0.25) is 4.79 Å². The summed E-state index contributed by atoms with van der Waals surface area (Å²) >= 11 is 5.87. The summed E-state index contributed by atoms with van der Waals surface area (Å²) in [7, 11) is 0. The zero-order valence-electron chi connectivity index (χ0n) is 17.3. The Kier molecular flexibility index (Phi) is 8.00. The van der Waals surface area contributed by atoms with Crippen LogP contribution in [0.2, 0.25) is 5.02 Å². The summed E-state index contributed by atoms with van der Waals surface area (Å²) in [5.74, 6) is -0.894. The van der Waals surface area contributed by atoms with Crippen LogP contribution in [0.5, 0.6) is 5.75 Å². The number of hydrogen-bond donors (Lipinski definition) is 1. The van der Waals surface area contributed by atoms with E-state index in [1.807, 2.05) is 12.1 Å². The van der Waals surface area contributed by atoms with Gasteiger partial charge in [0.15, 0.2) is 6.10 Å². The average Bonchev–Trinajstić information content (AvgIpc) is 2.79. The fourth-order valence-electron chi connectivity index (χ4n) is 2.63. The molecule has 32 heavy (non-hydrogen) atoms. The molecule has 7 heteroatoms. The molecule has 0 spiro atoms. The minimum atomic E-state index is -1.01. The fraction of sp³-hybridized carbons (Fsp3) is 0.120. The molecule has 0 radical (unpaired) electrons. The lowest BCUT2D eigenvalue weighted by molar-refractivity contribution is -0.148. The summed E-state index contributed by atoms with van der Waals surface area (Å²) in [5, 5.41) is 3.23. The fourth-order valence-corrected chi connectivity index (χ4v) is 2.76. The summed E-state index contributed by atoms with van der Waals surface area (Å²) in [6.45, 7) is 1.87. The average molecular weight is 454 g/mol. The van der Waals surface area contributed by atoms with Gasteiger partial charge in [-0.2, -0.15) is 0 Å². The maximum atomic E-state index is 12.9. The van der Waals surface area contributed by atoms with E-state index in [0.29, 0.717) is 23.1 Å². The van der Waals surface area contributed by atoms with Crippen LogP contribution in [0, 0.1) is 5.82 Å². The lowest BCUT2D eigenvalue weighted by atomic mass is 10.2. The molecule has 0 saturated heterocycles. The van der Waals surface area contributed by atoms with E-state index in [1.165, 1.54) is 37.3 Å². The number of anilines is 1. The van der Waals surface area contributed by atoms with Crippen molar-refractivity contribution in [3.8, 4) is 5.75 Å². The molecule has 0 aromatic heterocycles. The van der Waals surface area contributed by atoms with Crippen LogP contribution in [0.3, 0.4) is 0 Å². The number of halogens is 2. The number of rotatable bonds is 8. The highest BCUT2D eigenvalue weighted by atomic mass is 35.5. The normalized spacial score (nSPS) is 11.7. The summed E-state index contributed by atoms with van der Waals surface area (Å²) in [4.78, 5) is 24.1. The van der Waals surface area contributed by atoms with Crippen molar-refractivity contribution in [3.05, 3.63) is 101 Å². The SMILES string of the molecule is CC(OC(=O)C=Cc1ccc(OCc2ccc(Cl)cc2)cc1)C(=O)Nc1ccc(F)cc1. The molecule has 1 atom stereocenters. The number of nitrogens with one attached hydrogen (secondary N) is 1. The van der Waals surface area contributed by atoms with Crippen LogP contribution >= 0.6 is 11.6 Å². The van der Waals surface area contributed by atoms with Crippen LogP contribution in [0.4, 0.5) is 10.1 Å². The van der Waals surface area contributed by atoms with Gasteiger partial charge in [0.1, 0.15) is 18.2 Å². The van der Waals surface area contributed by atoms with E-state index in [2.05, 4.69) is 5.32 Å². The minimum Gasteiger partial charge on any atom is -0.489 e. The van der Waals surface area contributed by atoms with E-state index in [9.17, 15) is 14.0 Å². The van der Waals surface area contributed by atoms with E-state index >= 15 is 0 Å². The van der Waals surface area contributed by atoms with Crippen molar-refractivity contribution < 1.29 is 23.5 Å². The number of hydrogen-bond acceptors (Lipinski definition) is 4. The maximum absolute atomic E-state index is 12.9. The zero-order valence-corrected chi connectivity index (χ0v) is 18.0. The van der Waals surface area contributed by atoms with Crippen LogP contribution in [-0.4, -0.2) is 18.0 Å². The van der Waals surface area contributed by atoms with Crippen molar-refractivity contribution in [1.82, 2.24) is 0 Å². The topological polar surface area (TPSA) is 64.6 Å². The molecule has 0 aliphatic carbocycles. The van der Waals surface area contributed by atoms with Crippen LogP contribution in [0.15, 0.2) is 78.9 Å². The second kappa shape index (κ2) is 11.1. The Bertz CT molecular complexity index is 1080. The van der Waals surface area contributed by atoms with Gasteiger partial charge < -0.3 is 14.8 Å².